The van der Waals surface area contributed by atoms with Crippen LogP contribution < -0.4 is 10.6 Å². The lowest BCUT2D eigenvalue weighted by Gasteiger charge is -2.22. The van der Waals surface area contributed by atoms with Crippen molar-refractivity contribution in [3.8, 4) is 0 Å². The fourth-order valence-corrected chi connectivity index (χ4v) is 2.68. The lowest BCUT2D eigenvalue weighted by molar-refractivity contribution is -0.124. The van der Waals surface area contributed by atoms with Crippen LogP contribution in [0.3, 0.4) is 0 Å². The Balaban J connectivity index is 1.87. The molecule has 1 saturated heterocycles. The van der Waals surface area contributed by atoms with Crippen LogP contribution in [0.1, 0.15) is 34.5 Å². The van der Waals surface area contributed by atoms with Crippen molar-refractivity contribution in [2.75, 3.05) is 6.54 Å². The molecule has 0 aliphatic carbocycles. The van der Waals surface area contributed by atoms with E-state index in [0.717, 1.165) is 22.9 Å². The molecule has 21 heavy (non-hydrogen) atoms. The maximum Gasteiger partial charge on any atom is 0.287 e. The third kappa shape index (κ3) is 2.51. The second kappa shape index (κ2) is 5.24. The molecule has 2 N–H and O–H groups in total. The minimum atomic E-state index is -0.472. The van der Waals surface area contributed by atoms with Crippen molar-refractivity contribution in [3.63, 3.8) is 0 Å². The molecule has 0 saturated carbocycles. The molecule has 110 valence electrons. The van der Waals surface area contributed by atoms with Gasteiger partial charge in [-0.1, -0.05) is 12.1 Å². The van der Waals surface area contributed by atoms with Gasteiger partial charge >= 0.3 is 0 Å². The zero-order valence-corrected chi connectivity index (χ0v) is 12.2. The Morgan fingerprint density at radius 2 is 2.19 bits per heavy atom. The number of benzene rings is 1. The molecule has 3 rings (SSSR count). The minimum absolute atomic E-state index is 0.126. The number of hydrogen-bond donors (Lipinski definition) is 2. The lowest BCUT2D eigenvalue weighted by Crippen LogP contribution is -2.50. The molecular formula is C16H18N2O3. The van der Waals surface area contributed by atoms with Crippen LogP contribution in [0.4, 0.5) is 0 Å². The highest BCUT2D eigenvalue weighted by atomic mass is 16.3. The predicted molar refractivity (Wildman–Crippen MR) is 79.2 cm³/mol. The van der Waals surface area contributed by atoms with E-state index in [1.807, 2.05) is 32.0 Å². The number of piperidine rings is 1. The van der Waals surface area contributed by atoms with Crippen LogP contribution in [0.15, 0.2) is 22.6 Å². The SMILES string of the molecule is Cc1ccc2c(C)c(C(=O)N[C@@H]3CCCNC3=O)oc2c1. The minimum Gasteiger partial charge on any atom is -0.451 e. The Hall–Kier alpha value is -2.30. The monoisotopic (exact) mass is 286 g/mol. The Morgan fingerprint density at radius 1 is 1.38 bits per heavy atom. The van der Waals surface area contributed by atoms with Gasteiger partial charge in [0.05, 0.1) is 0 Å². The Morgan fingerprint density at radius 3 is 2.95 bits per heavy atom. The first kappa shape index (κ1) is 13.7. The molecule has 1 aromatic carbocycles. The highest BCUT2D eigenvalue weighted by molar-refractivity contribution is 6.01. The summed E-state index contributed by atoms with van der Waals surface area (Å²) in [5.41, 5.74) is 2.58. The summed E-state index contributed by atoms with van der Waals surface area (Å²) in [4.78, 5) is 24.1. The normalized spacial score (nSPS) is 18.6. The molecule has 0 unspecified atom stereocenters. The van der Waals surface area contributed by atoms with E-state index in [0.29, 0.717) is 18.5 Å². The van der Waals surface area contributed by atoms with E-state index in [4.69, 9.17) is 4.42 Å². The third-order valence-electron chi connectivity index (χ3n) is 3.89. The van der Waals surface area contributed by atoms with Gasteiger partial charge in [-0.3, -0.25) is 9.59 Å². The largest absolute Gasteiger partial charge is 0.451 e. The number of rotatable bonds is 2. The third-order valence-corrected chi connectivity index (χ3v) is 3.89. The van der Waals surface area contributed by atoms with E-state index < -0.39 is 6.04 Å². The maximum atomic E-state index is 12.3. The molecule has 0 radical (unpaired) electrons. The average molecular weight is 286 g/mol. The Kier molecular flexibility index (Phi) is 3.41. The van der Waals surface area contributed by atoms with E-state index in [9.17, 15) is 9.59 Å². The molecule has 2 heterocycles. The van der Waals surface area contributed by atoms with Gasteiger partial charge in [-0.25, -0.2) is 0 Å². The average Bonchev–Trinajstić information content (AvgIpc) is 2.78. The molecule has 1 aliphatic rings. The smallest absolute Gasteiger partial charge is 0.287 e. The summed E-state index contributed by atoms with van der Waals surface area (Å²) in [5.74, 6) is -0.170. The van der Waals surface area contributed by atoms with Gasteiger partial charge in [0, 0.05) is 17.5 Å². The first-order valence-corrected chi connectivity index (χ1v) is 7.14. The van der Waals surface area contributed by atoms with Crippen LogP contribution in [-0.2, 0) is 4.79 Å². The van der Waals surface area contributed by atoms with Gasteiger partial charge in [-0.2, -0.15) is 0 Å². The summed E-state index contributed by atoms with van der Waals surface area (Å²) < 4.78 is 5.67. The summed E-state index contributed by atoms with van der Waals surface area (Å²) in [6.07, 6.45) is 1.53. The second-order valence-electron chi connectivity index (χ2n) is 5.52. The molecule has 5 heteroatoms. The molecule has 1 aliphatic heterocycles. The van der Waals surface area contributed by atoms with E-state index in [1.165, 1.54) is 0 Å². The Labute approximate surface area is 122 Å². The number of aryl methyl sites for hydroxylation is 2. The second-order valence-corrected chi connectivity index (χ2v) is 5.52. The van der Waals surface area contributed by atoms with Gasteiger partial charge in [0.2, 0.25) is 5.91 Å². The highest BCUT2D eigenvalue weighted by Gasteiger charge is 2.26. The fourth-order valence-electron chi connectivity index (χ4n) is 2.68. The zero-order chi connectivity index (χ0) is 15.0. The molecular weight excluding hydrogens is 268 g/mol. The van der Waals surface area contributed by atoms with Crippen molar-refractivity contribution < 1.29 is 14.0 Å². The summed E-state index contributed by atoms with van der Waals surface area (Å²) >= 11 is 0. The summed E-state index contributed by atoms with van der Waals surface area (Å²) in [5, 5.41) is 6.44. The van der Waals surface area contributed by atoms with Crippen LogP contribution in [0, 0.1) is 13.8 Å². The maximum absolute atomic E-state index is 12.3. The molecule has 0 bridgehead atoms. The van der Waals surface area contributed by atoms with Gasteiger partial charge < -0.3 is 15.1 Å². The van der Waals surface area contributed by atoms with E-state index in [1.54, 1.807) is 0 Å². The molecule has 2 aromatic rings. The van der Waals surface area contributed by atoms with Crippen molar-refractivity contribution in [1.29, 1.82) is 0 Å². The Bertz CT molecular complexity index is 718. The fraction of sp³-hybridized carbons (Fsp3) is 0.375. The standard InChI is InChI=1S/C16H18N2O3/c1-9-5-6-11-10(2)14(21-13(11)8-9)16(20)18-12-4-3-7-17-15(12)19/h5-6,8,12H,3-4,7H2,1-2H3,(H,17,19)(H,18,20)/t12-/m1/s1. The molecule has 1 fully saturated rings. The number of carbonyl (C=O) groups is 2. The molecule has 0 spiro atoms. The van der Waals surface area contributed by atoms with E-state index in [-0.39, 0.29) is 17.6 Å². The zero-order valence-electron chi connectivity index (χ0n) is 12.2. The first-order chi connectivity index (χ1) is 10.1. The van der Waals surface area contributed by atoms with Crippen LogP contribution in [0.2, 0.25) is 0 Å². The van der Waals surface area contributed by atoms with E-state index in [2.05, 4.69) is 10.6 Å². The van der Waals surface area contributed by atoms with Crippen LogP contribution in [0.25, 0.3) is 11.0 Å². The van der Waals surface area contributed by atoms with Crippen LogP contribution >= 0.6 is 0 Å². The number of carbonyl (C=O) groups excluding carboxylic acids is 2. The van der Waals surface area contributed by atoms with Crippen molar-refractivity contribution in [1.82, 2.24) is 10.6 Å². The number of furan rings is 1. The number of fused-ring (bicyclic) bond motifs is 1. The van der Waals surface area contributed by atoms with E-state index >= 15 is 0 Å². The molecule has 2 amide bonds. The quantitative estimate of drug-likeness (QED) is 0.887. The number of hydrogen-bond acceptors (Lipinski definition) is 3. The van der Waals surface area contributed by atoms with Gasteiger partial charge in [0.25, 0.3) is 5.91 Å². The van der Waals surface area contributed by atoms with Crippen molar-refractivity contribution in [3.05, 3.63) is 35.1 Å². The molecule has 1 atom stereocenters. The van der Waals surface area contributed by atoms with Crippen molar-refractivity contribution >= 4 is 22.8 Å². The van der Waals surface area contributed by atoms with Gasteiger partial charge in [0.15, 0.2) is 5.76 Å². The highest BCUT2D eigenvalue weighted by Crippen LogP contribution is 2.26. The first-order valence-electron chi connectivity index (χ1n) is 7.14. The topological polar surface area (TPSA) is 71.3 Å². The molecule has 1 aromatic heterocycles. The van der Waals surface area contributed by atoms with Crippen LogP contribution in [0.5, 0.6) is 0 Å². The lowest BCUT2D eigenvalue weighted by atomic mass is 10.1. The number of amides is 2. The van der Waals surface area contributed by atoms with Gasteiger partial charge in [0.1, 0.15) is 11.6 Å². The van der Waals surface area contributed by atoms with Crippen LogP contribution in [-0.4, -0.2) is 24.4 Å². The summed E-state index contributed by atoms with van der Waals surface area (Å²) in [6.45, 7) is 4.51. The number of nitrogens with one attached hydrogen (secondary N) is 2. The predicted octanol–water partition coefficient (Wildman–Crippen LogP) is 2.06. The van der Waals surface area contributed by atoms with Crippen molar-refractivity contribution in [2.24, 2.45) is 0 Å². The van der Waals surface area contributed by atoms with Gasteiger partial charge in [-0.15, -0.1) is 0 Å². The van der Waals surface area contributed by atoms with Gasteiger partial charge in [-0.05, 0) is 38.3 Å². The summed E-state index contributed by atoms with van der Waals surface area (Å²) in [7, 11) is 0. The molecule has 5 nitrogen and oxygen atoms in total. The summed E-state index contributed by atoms with van der Waals surface area (Å²) in [6, 6.07) is 5.38. The van der Waals surface area contributed by atoms with Crippen molar-refractivity contribution in [2.45, 2.75) is 32.7 Å².